The minimum absolute atomic E-state index is 0.413. The summed E-state index contributed by atoms with van der Waals surface area (Å²) in [6.07, 6.45) is 0. The van der Waals surface area contributed by atoms with Crippen LogP contribution in [0.3, 0.4) is 0 Å². The van der Waals surface area contributed by atoms with Crippen molar-refractivity contribution in [3.05, 3.63) is 24.3 Å². The summed E-state index contributed by atoms with van der Waals surface area (Å²) in [6.45, 7) is 6.13. The van der Waals surface area contributed by atoms with Gasteiger partial charge < -0.3 is 20.3 Å². The third-order valence-corrected chi connectivity index (χ3v) is 3.88. The summed E-state index contributed by atoms with van der Waals surface area (Å²) < 4.78 is 5.32. The number of anilines is 1. The number of nitrogens with two attached hydrogens (primary N) is 1. The van der Waals surface area contributed by atoms with Crippen LogP contribution in [-0.2, 0) is 0 Å². The molecule has 19 heavy (non-hydrogen) atoms. The minimum atomic E-state index is 0.413. The summed E-state index contributed by atoms with van der Waals surface area (Å²) in [7, 11) is 3.88. The molecule has 0 spiro atoms. The summed E-state index contributed by atoms with van der Waals surface area (Å²) in [6, 6.07) is 8.69. The zero-order valence-corrected chi connectivity index (χ0v) is 12.2. The first-order valence-corrected chi connectivity index (χ1v) is 6.93. The fourth-order valence-corrected chi connectivity index (χ4v) is 2.82. The van der Waals surface area contributed by atoms with Gasteiger partial charge in [0.15, 0.2) is 0 Å². The van der Waals surface area contributed by atoms with Crippen molar-refractivity contribution >= 4 is 5.69 Å². The molecule has 4 nitrogen and oxygen atoms in total. The number of nitrogens with zero attached hydrogens (tertiary/aromatic N) is 2. The Morgan fingerprint density at radius 1 is 1.32 bits per heavy atom. The molecule has 2 unspecified atom stereocenters. The van der Waals surface area contributed by atoms with Crippen molar-refractivity contribution in [2.24, 2.45) is 11.7 Å². The Morgan fingerprint density at radius 3 is 2.79 bits per heavy atom. The van der Waals surface area contributed by atoms with Gasteiger partial charge in [-0.05, 0) is 25.1 Å². The van der Waals surface area contributed by atoms with E-state index in [0.29, 0.717) is 18.5 Å². The van der Waals surface area contributed by atoms with Gasteiger partial charge in [0.2, 0.25) is 0 Å². The molecule has 1 saturated heterocycles. The lowest BCUT2D eigenvalue weighted by Gasteiger charge is -2.29. The number of hydrogen-bond donors (Lipinski definition) is 1. The van der Waals surface area contributed by atoms with E-state index in [2.05, 4.69) is 35.9 Å². The first-order valence-electron chi connectivity index (χ1n) is 6.93. The maximum atomic E-state index is 5.91. The highest BCUT2D eigenvalue weighted by Gasteiger charge is 2.25. The topological polar surface area (TPSA) is 41.7 Å². The van der Waals surface area contributed by atoms with Crippen molar-refractivity contribution in [3.8, 4) is 5.75 Å². The second-order valence-electron chi connectivity index (χ2n) is 5.54. The molecule has 0 aromatic heterocycles. The average Bonchev–Trinajstić information content (AvgIpc) is 2.56. The maximum absolute atomic E-state index is 5.91. The van der Waals surface area contributed by atoms with Crippen molar-refractivity contribution in [2.75, 3.05) is 45.2 Å². The van der Waals surface area contributed by atoms with Gasteiger partial charge in [-0.15, -0.1) is 0 Å². The molecule has 4 heteroatoms. The van der Waals surface area contributed by atoms with Crippen LogP contribution in [0.4, 0.5) is 5.69 Å². The van der Waals surface area contributed by atoms with Crippen molar-refractivity contribution in [2.45, 2.75) is 13.0 Å². The molecule has 1 fully saturated rings. The van der Waals surface area contributed by atoms with Crippen LogP contribution in [0.5, 0.6) is 5.75 Å². The van der Waals surface area contributed by atoms with Crippen LogP contribution >= 0.6 is 0 Å². The van der Waals surface area contributed by atoms with Gasteiger partial charge in [-0.3, -0.25) is 0 Å². The number of rotatable bonds is 3. The van der Waals surface area contributed by atoms with E-state index in [1.165, 1.54) is 5.69 Å². The van der Waals surface area contributed by atoms with E-state index in [0.717, 1.165) is 25.4 Å². The van der Waals surface area contributed by atoms with E-state index in [4.69, 9.17) is 10.5 Å². The predicted molar refractivity (Wildman–Crippen MR) is 79.8 cm³/mol. The quantitative estimate of drug-likeness (QED) is 0.895. The van der Waals surface area contributed by atoms with Crippen LogP contribution in [-0.4, -0.2) is 51.3 Å². The number of methoxy groups -OCH3 is 1. The number of hydrogen-bond acceptors (Lipinski definition) is 4. The Balaban J connectivity index is 2.21. The lowest BCUT2D eigenvalue weighted by Crippen LogP contribution is -2.43. The Hall–Kier alpha value is -1.26. The fourth-order valence-electron chi connectivity index (χ4n) is 2.82. The second-order valence-corrected chi connectivity index (χ2v) is 5.54. The molecule has 0 aliphatic carbocycles. The molecule has 0 bridgehead atoms. The third kappa shape index (κ3) is 3.39. The van der Waals surface area contributed by atoms with Crippen LogP contribution in [0.1, 0.15) is 6.92 Å². The second kappa shape index (κ2) is 6.26. The minimum Gasteiger partial charge on any atom is -0.497 e. The summed E-state index contributed by atoms with van der Waals surface area (Å²) >= 11 is 0. The number of benzene rings is 1. The highest BCUT2D eigenvalue weighted by atomic mass is 16.5. The van der Waals surface area contributed by atoms with Crippen molar-refractivity contribution in [3.63, 3.8) is 0 Å². The Bertz CT molecular complexity index is 410. The standard InChI is InChI=1S/C15H25N3O/c1-12-9-17(2)14(8-16)11-18(10-12)13-5-4-6-15(7-13)19-3/h4-7,12,14H,8-11,16H2,1-3H3. The smallest absolute Gasteiger partial charge is 0.120 e. The van der Waals surface area contributed by atoms with Crippen LogP contribution in [0.15, 0.2) is 24.3 Å². The Morgan fingerprint density at radius 2 is 2.11 bits per heavy atom. The Kier molecular flexibility index (Phi) is 4.66. The molecular weight excluding hydrogens is 238 g/mol. The summed E-state index contributed by atoms with van der Waals surface area (Å²) in [5.74, 6) is 1.54. The summed E-state index contributed by atoms with van der Waals surface area (Å²) in [5.41, 5.74) is 7.13. The van der Waals surface area contributed by atoms with Crippen molar-refractivity contribution < 1.29 is 4.74 Å². The van der Waals surface area contributed by atoms with Crippen molar-refractivity contribution in [1.82, 2.24) is 4.90 Å². The molecule has 0 amide bonds. The molecule has 1 heterocycles. The molecule has 1 aromatic carbocycles. The van der Waals surface area contributed by atoms with Gasteiger partial charge in [0, 0.05) is 44.0 Å². The fraction of sp³-hybridized carbons (Fsp3) is 0.600. The molecule has 1 aliphatic heterocycles. The third-order valence-electron chi connectivity index (χ3n) is 3.88. The largest absolute Gasteiger partial charge is 0.497 e. The first-order chi connectivity index (χ1) is 9.13. The Labute approximate surface area is 116 Å². The van der Waals surface area contributed by atoms with Gasteiger partial charge >= 0.3 is 0 Å². The summed E-state index contributed by atoms with van der Waals surface area (Å²) in [5, 5.41) is 0. The maximum Gasteiger partial charge on any atom is 0.120 e. The molecular formula is C15H25N3O. The molecule has 106 valence electrons. The van der Waals surface area contributed by atoms with E-state index in [-0.39, 0.29) is 0 Å². The SMILES string of the molecule is COc1cccc(N2CC(C)CN(C)C(CN)C2)c1. The molecule has 0 saturated carbocycles. The molecule has 2 rings (SSSR count). The average molecular weight is 263 g/mol. The van der Waals surface area contributed by atoms with Crippen LogP contribution in [0.2, 0.25) is 0 Å². The van der Waals surface area contributed by atoms with Crippen LogP contribution < -0.4 is 15.4 Å². The van der Waals surface area contributed by atoms with Gasteiger partial charge in [0.1, 0.15) is 5.75 Å². The van der Waals surface area contributed by atoms with E-state index in [1.807, 2.05) is 12.1 Å². The predicted octanol–water partition coefficient (Wildman–Crippen LogP) is 1.41. The lowest BCUT2D eigenvalue weighted by molar-refractivity contribution is 0.244. The van der Waals surface area contributed by atoms with E-state index < -0.39 is 0 Å². The zero-order chi connectivity index (χ0) is 13.8. The van der Waals surface area contributed by atoms with Gasteiger partial charge in [-0.25, -0.2) is 0 Å². The highest BCUT2D eigenvalue weighted by Crippen LogP contribution is 2.24. The van der Waals surface area contributed by atoms with Crippen LogP contribution in [0.25, 0.3) is 0 Å². The molecule has 0 radical (unpaired) electrons. The molecule has 2 N–H and O–H groups in total. The van der Waals surface area contributed by atoms with Crippen LogP contribution in [0, 0.1) is 5.92 Å². The van der Waals surface area contributed by atoms with Gasteiger partial charge in [-0.2, -0.15) is 0 Å². The lowest BCUT2D eigenvalue weighted by atomic mass is 10.1. The molecule has 1 aliphatic rings. The highest BCUT2D eigenvalue weighted by molar-refractivity contribution is 5.51. The number of likely N-dealkylation sites (N-methyl/N-ethyl adjacent to an activating group) is 1. The van der Waals surface area contributed by atoms with Gasteiger partial charge in [0.05, 0.1) is 7.11 Å². The van der Waals surface area contributed by atoms with Gasteiger partial charge in [-0.1, -0.05) is 13.0 Å². The monoisotopic (exact) mass is 263 g/mol. The van der Waals surface area contributed by atoms with Crippen molar-refractivity contribution in [1.29, 1.82) is 0 Å². The van der Waals surface area contributed by atoms with E-state index >= 15 is 0 Å². The first kappa shape index (κ1) is 14.2. The normalized spacial score (nSPS) is 25.2. The summed E-state index contributed by atoms with van der Waals surface area (Å²) in [4.78, 5) is 4.80. The molecule has 1 aromatic rings. The van der Waals surface area contributed by atoms with Gasteiger partial charge in [0.25, 0.3) is 0 Å². The van der Waals surface area contributed by atoms with E-state index in [1.54, 1.807) is 7.11 Å². The molecule has 2 atom stereocenters. The zero-order valence-electron chi connectivity index (χ0n) is 12.2. The van der Waals surface area contributed by atoms with E-state index in [9.17, 15) is 0 Å². The number of ether oxygens (including phenoxy) is 1.